The second-order valence-electron chi connectivity index (χ2n) is 21.4. The van der Waals surface area contributed by atoms with Gasteiger partial charge in [0.05, 0.1) is 5.69 Å². The Balaban J connectivity index is 1.44. The van der Waals surface area contributed by atoms with Crippen molar-refractivity contribution < 1.29 is 0 Å². The molecule has 72 heavy (non-hydrogen) atoms. The molecule has 378 valence electrons. The number of anilines is 3. The van der Waals surface area contributed by atoms with Crippen LogP contribution in [-0.2, 0) is 25.7 Å². The summed E-state index contributed by atoms with van der Waals surface area (Å²) in [5.41, 5.74) is 26.0. The maximum Gasteiger partial charge on any atom is 0.0520 e. The number of rotatable bonds is 27. The van der Waals surface area contributed by atoms with Crippen molar-refractivity contribution in [1.29, 1.82) is 0 Å². The van der Waals surface area contributed by atoms with Crippen molar-refractivity contribution in [1.82, 2.24) is 0 Å². The number of aryl methyl sites for hydroxylation is 7. The molecule has 0 atom stereocenters. The quantitative estimate of drug-likeness (QED) is 0.0464. The number of hydrogen-bond donors (Lipinski definition) is 0. The van der Waals surface area contributed by atoms with Crippen molar-refractivity contribution in [2.75, 3.05) is 4.90 Å². The fourth-order valence-corrected chi connectivity index (χ4v) is 11.2. The summed E-state index contributed by atoms with van der Waals surface area (Å²) in [6.45, 7) is 20.7. The minimum atomic E-state index is 1.14. The van der Waals surface area contributed by atoms with Gasteiger partial charge in [-0.1, -0.05) is 220 Å². The Morgan fingerprint density at radius 1 is 0.292 bits per heavy atom. The van der Waals surface area contributed by atoms with E-state index >= 15 is 0 Å². The summed E-state index contributed by atoms with van der Waals surface area (Å²) in [5.74, 6) is 0. The molecule has 0 unspecified atom stereocenters. The number of nitrogens with zero attached hydrogens (tertiary/aromatic N) is 1. The number of unbranched alkanes of at least 4 members (excludes halogenated alkanes) is 12. The molecule has 0 fully saturated rings. The zero-order chi connectivity index (χ0) is 50.8. The lowest BCUT2D eigenvalue weighted by atomic mass is 9.88. The van der Waals surface area contributed by atoms with E-state index in [2.05, 4.69) is 201 Å². The molecule has 7 aromatic carbocycles. The van der Waals surface area contributed by atoms with E-state index < -0.39 is 0 Å². The van der Waals surface area contributed by atoms with Crippen LogP contribution in [0.1, 0.15) is 180 Å². The van der Waals surface area contributed by atoms with Gasteiger partial charge in [0.25, 0.3) is 0 Å². The van der Waals surface area contributed by atoms with Crippen LogP contribution in [0.4, 0.5) is 17.1 Å². The highest BCUT2D eigenvalue weighted by atomic mass is 15.1. The fourth-order valence-electron chi connectivity index (χ4n) is 11.2. The van der Waals surface area contributed by atoms with Crippen LogP contribution in [0.3, 0.4) is 0 Å². The van der Waals surface area contributed by atoms with Crippen molar-refractivity contribution in [3.8, 4) is 44.5 Å². The molecule has 0 saturated heterocycles. The molecule has 0 saturated carbocycles. The Bertz CT molecular complexity index is 2410. The zero-order valence-corrected chi connectivity index (χ0v) is 46.3. The van der Waals surface area contributed by atoms with Gasteiger partial charge >= 0.3 is 0 Å². The fraction of sp³-hybridized carbons (Fsp3) is 0.408. The smallest absolute Gasteiger partial charge is 0.0520 e. The summed E-state index contributed by atoms with van der Waals surface area (Å²) < 4.78 is 0. The third-order valence-corrected chi connectivity index (χ3v) is 15.5. The maximum atomic E-state index is 2.61. The van der Waals surface area contributed by atoms with E-state index in [0.29, 0.717) is 0 Å². The minimum absolute atomic E-state index is 1.14. The van der Waals surface area contributed by atoms with Crippen LogP contribution < -0.4 is 4.90 Å². The van der Waals surface area contributed by atoms with Gasteiger partial charge in [-0.2, -0.15) is 0 Å². The molecule has 0 N–H and O–H groups in total. The maximum absolute atomic E-state index is 2.61. The molecule has 1 heteroatoms. The summed E-state index contributed by atoms with van der Waals surface area (Å²) in [7, 11) is 0. The highest BCUT2D eigenvalue weighted by Crippen LogP contribution is 2.47. The molecule has 7 aromatic rings. The van der Waals surface area contributed by atoms with Gasteiger partial charge in [0.1, 0.15) is 0 Å². The standard InChI is InChI=1S/C71H89N/c1-10-14-18-22-26-57-30-38-61(39-31-57)67-48-65(49-68(55(67)8)62-40-32-58(33-41-62)27-23-19-15-11-2)72(71-53(6)46-52(5)47-54(71)7)66-50-69(63-42-34-59(35-43-63)28-24-20-16-12-3)56(9)70(51-66)64-44-36-60(37-45-64)29-25-21-17-13-4/h30-51H,10-29H2,1-9H3. The van der Waals surface area contributed by atoms with E-state index in [1.54, 1.807) is 0 Å². The molecule has 0 spiro atoms. The van der Waals surface area contributed by atoms with Gasteiger partial charge in [-0.15, -0.1) is 0 Å². The molecule has 0 amide bonds. The van der Waals surface area contributed by atoms with Gasteiger partial charge in [-0.05, 0) is 199 Å². The number of benzene rings is 7. The first-order chi connectivity index (χ1) is 35.1. The first-order valence-corrected chi connectivity index (χ1v) is 28.7. The van der Waals surface area contributed by atoms with Crippen molar-refractivity contribution in [3.63, 3.8) is 0 Å². The van der Waals surface area contributed by atoms with Crippen LogP contribution >= 0.6 is 0 Å². The van der Waals surface area contributed by atoms with E-state index in [0.717, 1.165) is 25.7 Å². The Morgan fingerprint density at radius 3 is 0.778 bits per heavy atom. The lowest BCUT2D eigenvalue weighted by Gasteiger charge is -2.32. The first-order valence-electron chi connectivity index (χ1n) is 28.7. The summed E-state index contributed by atoms with van der Waals surface area (Å²) >= 11 is 0. The van der Waals surface area contributed by atoms with Crippen LogP contribution in [0.15, 0.2) is 133 Å². The second-order valence-corrected chi connectivity index (χ2v) is 21.4. The van der Waals surface area contributed by atoms with Crippen molar-refractivity contribution in [3.05, 3.63) is 184 Å². The summed E-state index contributed by atoms with van der Waals surface area (Å²) in [5, 5.41) is 0. The Hall–Kier alpha value is -5.66. The number of hydrogen-bond acceptors (Lipinski definition) is 1. The van der Waals surface area contributed by atoms with Crippen LogP contribution in [0.2, 0.25) is 0 Å². The highest BCUT2D eigenvalue weighted by Gasteiger charge is 2.24. The topological polar surface area (TPSA) is 3.24 Å². The van der Waals surface area contributed by atoms with Gasteiger partial charge in [0.2, 0.25) is 0 Å². The molecular formula is C71H89N. The predicted molar refractivity (Wildman–Crippen MR) is 318 cm³/mol. The molecule has 7 rings (SSSR count). The average Bonchev–Trinajstić information content (AvgIpc) is 3.39. The molecule has 0 aliphatic heterocycles. The van der Waals surface area contributed by atoms with Crippen molar-refractivity contribution in [2.45, 2.75) is 191 Å². The lowest BCUT2D eigenvalue weighted by molar-refractivity contribution is 0.667. The molecule has 0 aliphatic rings. The summed E-state index contributed by atoms with van der Waals surface area (Å²) in [6.07, 6.45) is 25.0. The molecule has 0 heterocycles. The second kappa shape index (κ2) is 27.4. The van der Waals surface area contributed by atoms with E-state index in [9.17, 15) is 0 Å². The summed E-state index contributed by atoms with van der Waals surface area (Å²) in [6, 6.07) is 52.9. The van der Waals surface area contributed by atoms with Gasteiger partial charge in [0.15, 0.2) is 0 Å². The van der Waals surface area contributed by atoms with E-state index in [4.69, 9.17) is 0 Å². The zero-order valence-electron chi connectivity index (χ0n) is 46.3. The van der Waals surface area contributed by atoms with E-state index in [1.807, 2.05) is 0 Å². The highest BCUT2D eigenvalue weighted by molar-refractivity contribution is 5.92. The molecular weight excluding hydrogens is 867 g/mol. The molecule has 0 bridgehead atoms. The Kier molecular flexibility index (Phi) is 20.6. The van der Waals surface area contributed by atoms with Gasteiger partial charge in [0, 0.05) is 11.4 Å². The normalized spacial score (nSPS) is 11.4. The monoisotopic (exact) mass is 956 g/mol. The molecule has 1 nitrogen and oxygen atoms in total. The molecule has 0 aliphatic carbocycles. The lowest BCUT2D eigenvalue weighted by Crippen LogP contribution is -2.14. The van der Waals surface area contributed by atoms with Gasteiger partial charge in [-0.3, -0.25) is 0 Å². The van der Waals surface area contributed by atoms with Crippen molar-refractivity contribution in [2.24, 2.45) is 0 Å². The van der Waals surface area contributed by atoms with E-state index in [-0.39, 0.29) is 0 Å². The van der Waals surface area contributed by atoms with Crippen molar-refractivity contribution >= 4 is 17.1 Å². The first kappa shape index (κ1) is 54.1. The van der Waals surface area contributed by atoms with Gasteiger partial charge in [-0.25, -0.2) is 0 Å². The van der Waals surface area contributed by atoms with Crippen LogP contribution in [0, 0.1) is 34.6 Å². The third kappa shape index (κ3) is 14.3. The Morgan fingerprint density at radius 2 is 0.542 bits per heavy atom. The van der Waals surface area contributed by atoms with Crippen LogP contribution in [0.25, 0.3) is 44.5 Å². The SMILES string of the molecule is CCCCCCc1ccc(-c2cc(N(c3cc(-c4ccc(CCCCCC)cc4)c(C)c(-c4ccc(CCCCCC)cc4)c3)c3c(C)cc(C)cc3C)cc(-c3ccc(CCCCCC)cc3)c2C)cc1. The largest absolute Gasteiger partial charge is 0.310 e. The summed E-state index contributed by atoms with van der Waals surface area (Å²) in [4.78, 5) is 2.61. The van der Waals surface area contributed by atoms with E-state index in [1.165, 1.54) is 214 Å². The molecule has 0 radical (unpaired) electrons. The predicted octanol–water partition coefficient (Wildman–Crippen LogP) is 21.9. The molecule has 0 aromatic heterocycles. The third-order valence-electron chi connectivity index (χ3n) is 15.5. The van der Waals surface area contributed by atoms with Crippen LogP contribution in [0.5, 0.6) is 0 Å². The Labute approximate surface area is 438 Å². The van der Waals surface area contributed by atoms with Gasteiger partial charge < -0.3 is 4.90 Å². The average molecular weight is 956 g/mol. The minimum Gasteiger partial charge on any atom is -0.310 e. The van der Waals surface area contributed by atoms with Crippen LogP contribution in [-0.4, -0.2) is 0 Å².